The fourth-order valence-electron chi connectivity index (χ4n) is 1.73. The third-order valence-electron chi connectivity index (χ3n) is 2.49. The smallest absolute Gasteiger partial charge is 0.107 e. The van der Waals surface area contributed by atoms with Crippen LogP contribution in [0.4, 0.5) is 0 Å². The van der Waals surface area contributed by atoms with Crippen molar-refractivity contribution < 1.29 is 5.11 Å². The summed E-state index contributed by atoms with van der Waals surface area (Å²) in [4.78, 5) is 0. The molecule has 1 nitrogen and oxygen atoms in total. The van der Waals surface area contributed by atoms with Crippen molar-refractivity contribution in [3.63, 3.8) is 0 Å². The first kappa shape index (κ1) is 8.79. The standard InChI is InChI=1S/C10H17O/c1-2-3-7-10(11)8-5-4-6-9-10/h2-3H,4-9H2,1H3. The molecule has 0 saturated heterocycles. The lowest BCUT2D eigenvalue weighted by Crippen LogP contribution is -2.28. The van der Waals surface area contributed by atoms with Gasteiger partial charge in [-0.25, -0.2) is 5.11 Å². The minimum Gasteiger partial charge on any atom is -0.229 e. The molecule has 0 spiro atoms. The van der Waals surface area contributed by atoms with Gasteiger partial charge >= 0.3 is 0 Å². The minimum atomic E-state index is -0.606. The van der Waals surface area contributed by atoms with Crippen molar-refractivity contribution >= 4 is 0 Å². The largest absolute Gasteiger partial charge is 0.229 e. The number of hydrogen-bond donors (Lipinski definition) is 0. The Hall–Kier alpha value is -0.300. The molecule has 0 N–H and O–H groups in total. The van der Waals surface area contributed by atoms with Crippen molar-refractivity contribution in [2.24, 2.45) is 0 Å². The van der Waals surface area contributed by atoms with Gasteiger partial charge in [0.05, 0.1) is 0 Å². The van der Waals surface area contributed by atoms with Gasteiger partial charge in [0, 0.05) is 0 Å². The molecule has 1 saturated carbocycles. The molecule has 0 atom stereocenters. The number of allylic oxidation sites excluding steroid dienone is 1. The molecule has 0 aromatic carbocycles. The van der Waals surface area contributed by atoms with Crippen molar-refractivity contribution in [1.82, 2.24) is 0 Å². The van der Waals surface area contributed by atoms with E-state index in [1.54, 1.807) is 0 Å². The molecule has 0 aromatic rings. The summed E-state index contributed by atoms with van der Waals surface area (Å²) in [5.74, 6) is 0. The van der Waals surface area contributed by atoms with E-state index in [1.165, 1.54) is 6.42 Å². The molecule has 1 aliphatic rings. The first-order valence-electron chi connectivity index (χ1n) is 4.58. The molecule has 1 radical (unpaired) electrons. The van der Waals surface area contributed by atoms with Gasteiger partial charge in [-0.1, -0.05) is 31.4 Å². The topological polar surface area (TPSA) is 19.9 Å². The number of rotatable bonds is 2. The molecule has 11 heavy (non-hydrogen) atoms. The molecule has 0 aliphatic heterocycles. The van der Waals surface area contributed by atoms with Crippen LogP contribution >= 0.6 is 0 Å². The highest BCUT2D eigenvalue weighted by Gasteiger charge is 2.29. The lowest BCUT2D eigenvalue weighted by atomic mass is 9.82. The van der Waals surface area contributed by atoms with E-state index in [0.29, 0.717) is 0 Å². The molecule has 0 aromatic heterocycles. The van der Waals surface area contributed by atoms with Crippen LogP contribution in [0.3, 0.4) is 0 Å². The molecule has 1 fully saturated rings. The third kappa shape index (κ3) is 2.66. The molecular formula is C10H17O. The maximum absolute atomic E-state index is 11.8. The Morgan fingerprint density at radius 1 is 1.27 bits per heavy atom. The highest BCUT2D eigenvalue weighted by molar-refractivity contribution is 4.91. The van der Waals surface area contributed by atoms with Crippen LogP contribution in [0.2, 0.25) is 0 Å². The highest BCUT2D eigenvalue weighted by Crippen LogP contribution is 2.31. The Kier molecular flexibility index (Phi) is 3.13. The lowest BCUT2D eigenvalue weighted by Gasteiger charge is -2.28. The molecular weight excluding hydrogens is 136 g/mol. The summed E-state index contributed by atoms with van der Waals surface area (Å²) in [6.45, 7) is 1.98. The van der Waals surface area contributed by atoms with Crippen LogP contribution in [0.25, 0.3) is 0 Å². The summed E-state index contributed by atoms with van der Waals surface area (Å²) in [5, 5.41) is 11.8. The van der Waals surface area contributed by atoms with Crippen LogP contribution in [-0.4, -0.2) is 5.60 Å². The fourth-order valence-corrected chi connectivity index (χ4v) is 1.73. The Morgan fingerprint density at radius 2 is 1.91 bits per heavy atom. The summed E-state index contributed by atoms with van der Waals surface area (Å²) in [5.41, 5.74) is -0.606. The van der Waals surface area contributed by atoms with Gasteiger partial charge in [0.25, 0.3) is 0 Å². The van der Waals surface area contributed by atoms with Crippen molar-refractivity contribution in [1.29, 1.82) is 0 Å². The number of hydrogen-bond acceptors (Lipinski definition) is 0. The molecule has 0 bridgehead atoms. The van der Waals surface area contributed by atoms with Gasteiger partial charge in [-0.15, -0.1) is 0 Å². The summed E-state index contributed by atoms with van der Waals surface area (Å²) in [6, 6.07) is 0. The van der Waals surface area contributed by atoms with Gasteiger partial charge in [0.15, 0.2) is 0 Å². The van der Waals surface area contributed by atoms with E-state index in [-0.39, 0.29) is 0 Å². The molecule has 1 heteroatoms. The van der Waals surface area contributed by atoms with Crippen molar-refractivity contribution in [2.45, 2.75) is 51.0 Å². The predicted octanol–water partition coefficient (Wildman–Crippen LogP) is 3.09. The van der Waals surface area contributed by atoms with E-state index in [1.807, 2.05) is 19.1 Å². The van der Waals surface area contributed by atoms with Crippen molar-refractivity contribution in [3.8, 4) is 0 Å². The quantitative estimate of drug-likeness (QED) is 0.543. The normalized spacial score (nSPS) is 24.2. The average Bonchev–Trinajstić information content (AvgIpc) is 2.03. The van der Waals surface area contributed by atoms with Crippen molar-refractivity contribution in [2.75, 3.05) is 0 Å². The van der Waals surface area contributed by atoms with Crippen molar-refractivity contribution in [3.05, 3.63) is 12.2 Å². The maximum atomic E-state index is 11.8. The monoisotopic (exact) mass is 153 g/mol. The zero-order valence-electron chi connectivity index (χ0n) is 7.31. The average molecular weight is 153 g/mol. The van der Waals surface area contributed by atoms with Gasteiger partial charge in [-0.3, -0.25) is 0 Å². The highest BCUT2D eigenvalue weighted by atomic mass is 16.3. The molecule has 0 unspecified atom stereocenters. The Morgan fingerprint density at radius 3 is 2.45 bits per heavy atom. The summed E-state index contributed by atoms with van der Waals surface area (Å²) in [6.07, 6.45) is 10.0. The molecule has 0 amide bonds. The first-order chi connectivity index (χ1) is 5.27. The van der Waals surface area contributed by atoms with Crippen LogP contribution in [0, 0.1) is 0 Å². The van der Waals surface area contributed by atoms with Crippen LogP contribution in [0.5, 0.6) is 0 Å². The van der Waals surface area contributed by atoms with Crippen LogP contribution < -0.4 is 0 Å². The minimum absolute atomic E-state index is 0.606. The van der Waals surface area contributed by atoms with Crippen LogP contribution in [-0.2, 0) is 5.11 Å². The lowest BCUT2D eigenvalue weighted by molar-refractivity contribution is -0.0556. The zero-order valence-corrected chi connectivity index (χ0v) is 7.31. The van der Waals surface area contributed by atoms with Gasteiger partial charge in [0.1, 0.15) is 5.60 Å². The Bertz CT molecular complexity index is 132. The summed E-state index contributed by atoms with van der Waals surface area (Å²) in [7, 11) is 0. The molecule has 1 rings (SSSR count). The summed E-state index contributed by atoms with van der Waals surface area (Å²) >= 11 is 0. The Labute approximate surface area is 69.1 Å². The van der Waals surface area contributed by atoms with E-state index in [2.05, 4.69) is 0 Å². The van der Waals surface area contributed by atoms with Crippen LogP contribution in [0.1, 0.15) is 45.4 Å². The summed E-state index contributed by atoms with van der Waals surface area (Å²) < 4.78 is 0. The first-order valence-corrected chi connectivity index (χ1v) is 4.58. The third-order valence-corrected chi connectivity index (χ3v) is 2.49. The second kappa shape index (κ2) is 3.91. The fraction of sp³-hybridized carbons (Fsp3) is 0.800. The SMILES string of the molecule is CC=CCC1([O])CCCCC1. The van der Waals surface area contributed by atoms with Gasteiger partial charge in [0.2, 0.25) is 0 Å². The second-order valence-corrected chi connectivity index (χ2v) is 3.52. The zero-order chi connectivity index (χ0) is 8.16. The van der Waals surface area contributed by atoms with E-state index >= 15 is 0 Å². The van der Waals surface area contributed by atoms with Crippen LogP contribution in [0.15, 0.2) is 12.2 Å². The van der Waals surface area contributed by atoms with E-state index in [0.717, 1.165) is 32.1 Å². The Balaban J connectivity index is 2.37. The van der Waals surface area contributed by atoms with Gasteiger partial charge < -0.3 is 0 Å². The van der Waals surface area contributed by atoms with E-state index in [9.17, 15) is 5.11 Å². The molecule has 63 valence electrons. The van der Waals surface area contributed by atoms with E-state index < -0.39 is 5.60 Å². The molecule has 1 aliphatic carbocycles. The maximum Gasteiger partial charge on any atom is 0.107 e. The van der Waals surface area contributed by atoms with Gasteiger partial charge in [-0.05, 0) is 26.2 Å². The predicted molar refractivity (Wildman–Crippen MR) is 45.9 cm³/mol. The molecule has 0 heterocycles. The second-order valence-electron chi connectivity index (χ2n) is 3.52. The van der Waals surface area contributed by atoms with E-state index in [4.69, 9.17) is 0 Å². The van der Waals surface area contributed by atoms with Gasteiger partial charge in [-0.2, -0.15) is 0 Å².